The van der Waals surface area contributed by atoms with Gasteiger partial charge in [-0.05, 0) is 0 Å². The molecule has 0 unspecified atom stereocenters. The van der Waals surface area contributed by atoms with Gasteiger partial charge in [-0.3, -0.25) is 9.69 Å². The maximum absolute atomic E-state index is 11.2. The number of aliphatic carboxylic acids is 2. The molecule has 0 aliphatic carbocycles. The summed E-state index contributed by atoms with van der Waals surface area (Å²) in [5.41, 5.74) is 3.76. The number of ether oxygens (including phenoxy) is 1. The quantitative estimate of drug-likeness (QED) is 0.539. The highest BCUT2D eigenvalue weighted by atomic mass is 16.5. The van der Waals surface area contributed by atoms with Gasteiger partial charge in [-0.15, -0.1) is 0 Å². The maximum atomic E-state index is 11.2. The highest BCUT2D eigenvalue weighted by Gasteiger charge is 2.51. The third-order valence-electron chi connectivity index (χ3n) is 2.51. The van der Waals surface area contributed by atoms with Crippen LogP contribution in [0.25, 0.3) is 0 Å². The zero-order chi connectivity index (χ0) is 12.5. The molecule has 2 atom stereocenters. The van der Waals surface area contributed by atoms with E-state index < -0.39 is 29.6 Å². The van der Waals surface area contributed by atoms with Crippen molar-refractivity contribution >= 4 is 18.0 Å². The van der Waals surface area contributed by atoms with Gasteiger partial charge < -0.3 is 20.7 Å². The van der Waals surface area contributed by atoms with E-state index in [4.69, 9.17) is 15.9 Å². The number of hydrogen-bond acceptors (Lipinski definition) is 5. The average Bonchev–Trinajstić information content (AvgIpc) is 2.57. The number of nitrogens with two attached hydrogens (primary N) is 1. The third kappa shape index (κ3) is 1.91. The first-order valence-electron chi connectivity index (χ1n) is 4.41. The molecular weight excluding hydrogens is 220 g/mol. The normalized spacial score (nSPS) is 28.9. The molecule has 0 aromatic rings. The van der Waals surface area contributed by atoms with Gasteiger partial charge in [0.15, 0.2) is 0 Å². The van der Waals surface area contributed by atoms with Gasteiger partial charge in [-0.25, -0.2) is 9.59 Å². The van der Waals surface area contributed by atoms with Gasteiger partial charge >= 0.3 is 18.0 Å². The van der Waals surface area contributed by atoms with Crippen LogP contribution in [0.2, 0.25) is 0 Å². The second kappa shape index (κ2) is 3.97. The molecular formula is C8H12N2O6. The van der Waals surface area contributed by atoms with Crippen molar-refractivity contribution in [3.8, 4) is 0 Å². The lowest BCUT2D eigenvalue weighted by atomic mass is 9.98. The standard InChI is InChI=1S/C8H12N2O6/c1-16-7(15)10-3-8(9,6(13)14)2-4(10)5(11)12/h4H,2-3,9H2,1H3,(H,11,12)(H,13,14)/t4-,8+/m1/s1. The smallest absolute Gasteiger partial charge is 0.410 e. The van der Waals surface area contributed by atoms with E-state index >= 15 is 0 Å². The first-order valence-corrected chi connectivity index (χ1v) is 4.41. The van der Waals surface area contributed by atoms with Crippen molar-refractivity contribution in [2.75, 3.05) is 13.7 Å². The second-order valence-electron chi connectivity index (χ2n) is 3.62. The molecule has 0 aromatic heterocycles. The fourth-order valence-corrected chi connectivity index (χ4v) is 1.62. The first-order chi connectivity index (χ1) is 7.31. The Labute approximate surface area is 90.6 Å². The molecule has 0 spiro atoms. The van der Waals surface area contributed by atoms with Gasteiger partial charge in [-0.1, -0.05) is 0 Å². The minimum absolute atomic E-state index is 0.341. The molecule has 0 aromatic carbocycles. The van der Waals surface area contributed by atoms with Crippen molar-refractivity contribution in [2.24, 2.45) is 5.73 Å². The summed E-state index contributed by atoms with van der Waals surface area (Å²) in [6, 6.07) is -1.27. The Morgan fingerprint density at radius 3 is 2.38 bits per heavy atom. The fourth-order valence-electron chi connectivity index (χ4n) is 1.62. The Balaban J connectivity index is 2.97. The van der Waals surface area contributed by atoms with Crippen LogP contribution in [0.3, 0.4) is 0 Å². The number of rotatable bonds is 2. The molecule has 0 saturated carbocycles. The summed E-state index contributed by atoms with van der Waals surface area (Å²) in [5.74, 6) is -2.65. The van der Waals surface area contributed by atoms with Crippen molar-refractivity contribution in [3.05, 3.63) is 0 Å². The molecule has 4 N–H and O–H groups in total. The van der Waals surface area contributed by atoms with E-state index in [1.807, 2.05) is 0 Å². The van der Waals surface area contributed by atoms with E-state index in [0.717, 1.165) is 12.0 Å². The molecule has 16 heavy (non-hydrogen) atoms. The molecule has 1 aliphatic heterocycles. The number of hydrogen-bond donors (Lipinski definition) is 3. The molecule has 1 saturated heterocycles. The topological polar surface area (TPSA) is 130 Å². The molecule has 90 valence electrons. The lowest BCUT2D eigenvalue weighted by molar-refractivity contribution is -0.142. The van der Waals surface area contributed by atoms with E-state index in [0.29, 0.717) is 0 Å². The minimum Gasteiger partial charge on any atom is -0.480 e. The highest BCUT2D eigenvalue weighted by Crippen LogP contribution is 2.26. The van der Waals surface area contributed by atoms with Gasteiger partial charge in [-0.2, -0.15) is 0 Å². The van der Waals surface area contributed by atoms with Gasteiger partial charge in [0.25, 0.3) is 0 Å². The molecule has 1 aliphatic rings. The largest absolute Gasteiger partial charge is 0.480 e. The Morgan fingerprint density at radius 2 is 2.00 bits per heavy atom. The van der Waals surface area contributed by atoms with Crippen LogP contribution in [0, 0.1) is 0 Å². The lowest BCUT2D eigenvalue weighted by Gasteiger charge is -2.20. The van der Waals surface area contributed by atoms with Crippen LogP contribution in [-0.2, 0) is 14.3 Å². The van der Waals surface area contributed by atoms with Crippen LogP contribution in [0.1, 0.15) is 6.42 Å². The highest BCUT2D eigenvalue weighted by molar-refractivity contribution is 5.87. The number of methoxy groups -OCH3 is 1. The number of likely N-dealkylation sites (tertiary alicyclic amines) is 1. The van der Waals surface area contributed by atoms with Crippen molar-refractivity contribution in [1.29, 1.82) is 0 Å². The number of nitrogens with zero attached hydrogens (tertiary/aromatic N) is 1. The molecule has 0 radical (unpaired) electrons. The van der Waals surface area contributed by atoms with Crippen LogP contribution >= 0.6 is 0 Å². The predicted molar refractivity (Wildman–Crippen MR) is 49.7 cm³/mol. The van der Waals surface area contributed by atoms with Gasteiger partial charge in [0.1, 0.15) is 11.6 Å². The van der Waals surface area contributed by atoms with Crippen LogP contribution < -0.4 is 5.73 Å². The van der Waals surface area contributed by atoms with Gasteiger partial charge in [0.05, 0.1) is 13.7 Å². The number of carboxylic acids is 2. The Bertz CT molecular complexity index is 343. The number of carbonyl (C=O) groups excluding carboxylic acids is 1. The van der Waals surface area contributed by atoms with E-state index in [2.05, 4.69) is 4.74 Å². The number of carbonyl (C=O) groups is 3. The molecule has 8 nitrogen and oxygen atoms in total. The summed E-state index contributed by atoms with van der Waals surface area (Å²) < 4.78 is 4.36. The van der Waals surface area contributed by atoms with E-state index in [1.54, 1.807) is 0 Å². The van der Waals surface area contributed by atoms with E-state index in [-0.39, 0.29) is 13.0 Å². The first kappa shape index (κ1) is 12.2. The van der Waals surface area contributed by atoms with Crippen LogP contribution in [0.15, 0.2) is 0 Å². The summed E-state index contributed by atoms with van der Waals surface area (Å²) >= 11 is 0. The van der Waals surface area contributed by atoms with E-state index in [1.165, 1.54) is 0 Å². The van der Waals surface area contributed by atoms with Crippen LogP contribution in [-0.4, -0.2) is 58.4 Å². The molecule has 1 amide bonds. The summed E-state index contributed by atoms with van der Waals surface area (Å²) in [4.78, 5) is 33.7. The Hall–Kier alpha value is -1.83. The zero-order valence-corrected chi connectivity index (χ0v) is 8.54. The Morgan fingerprint density at radius 1 is 1.44 bits per heavy atom. The van der Waals surface area contributed by atoms with Crippen molar-refractivity contribution in [2.45, 2.75) is 18.0 Å². The SMILES string of the molecule is COC(=O)N1C[C@](N)(C(=O)O)C[C@@H]1C(=O)O. The fraction of sp³-hybridized carbons (Fsp3) is 0.625. The monoisotopic (exact) mass is 232 g/mol. The van der Waals surface area contributed by atoms with E-state index in [9.17, 15) is 14.4 Å². The summed E-state index contributed by atoms with van der Waals surface area (Å²) in [6.45, 7) is -0.383. The third-order valence-corrected chi connectivity index (χ3v) is 2.51. The van der Waals surface area contributed by atoms with Gasteiger partial charge in [0.2, 0.25) is 0 Å². The summed E-state index contributed by atoms with van der Waals surface area (Å²) in [7, 11) is 1.08. The lowest BCUT2D eigenvalue weighted by Crippen LogP contribution is -2.50. The van der Waals surface area contributed by atoms with Crippen LogP contribution in [0.4, 0.5) is 4.79 Å². The summed E-state index contributed by atoms with van der Waals surface area (Å²) in [5, 5.41) is 17.7. The Kier molecular flexibility index (Phi) is 3.04. The van der Waals surface area contributed by atoms with Crippen molar-refractivity contribution in [1.82, 2.24) is 4.90 Å². The second-order valence-corrected chi connectivity index (χ2v) is 3.62. The zero-order valence-electron chi connectivity index (χ0n) is 8.54. The molecule has 1 fully saturated rings. The summed E-state index contributed by atoms with van der Waals surface area (Å²) in [6.07, 6.45) is -1.24. The van der Waals surface area contributed by atoms with Crippen LogP contribution in [0.5, 0.6) is 0 Å². The predicted octanol–water partition coefficient (Wildman–Crippen LogP) is -1.31. The maximum Gasteiger partial charge on any atom is 0.410 e. The molecule has 1 heterocycles. The molecule has 1 rings (SSSR count). The minimum atomic E-state index is -1.74. The van der Waals surface area contributed by atoms with Crippen molar-refractivity contribution < 1.29 is 29.3 Å². The molecule has 0 bridgehead atoms. The average molecular weight is 232 g/mol. The van der Waals surface area contributed by atoms with Gasteiger partial charge in [0, 0.05) is 6.42 Å². The van der Waals surface area contributed by atoms with Crippen molar-refractivity contribution in [3.63, 3.8) is 0 Å². The molecule has 8 heteroatoms. The number of amides is 1. The number of carboxylic acid groups (broad SMARTS) is 2.